The normalized spacial score (nSPS) is 10.6. The summed E-state index contributed by atoms with van der Waals surface area (Å²) in [5.41, 5.74) is 3.94. The van der Waals surface area contributed by atoms with Gasteiger partial charge in [0.2, 0.25) is 5.91 Å². The zero-order valence-electron chi connectivity index (χ0n) is 17.3. The van der Waals surface area contributed by atoms with E-state index in [9.17, 15) is 4.79 Å². The maximum Gasteiger partial charge on any atom is 0.227 e. The molecule has 31 heavy (non-hydrogen) atoms. The number of rotatable bonds is 8. The monoisotopic (exact) mass is 413 g/mol. The number of carbonyl (C=O) groups is 1. The van der Waals surface area contributed by atoms with E-state index in [4.69, 9.17) is 4.74 Å². The van der Waals surface area contributed by atoms with Gasteiger partial charge in [-0.2, -0.15) is 0 Å². The summed E-state index contributed by atoms with van der Waals surface area (Å²) in [6.07, 6.45) is 1.86. The molecule has 0 N–H and O–H groups in total. The van der Waals surface area contributed by atoms with Crippen LogP contribution in [0.3, 0.4) is 0 Å². The lowest BCUT2D eigenvalue weighted by atomic mass is 10.1. The molecule has 0 radical (unpaired) electrons. The average Bonchev–Trinajstić information content (AvgIpc) is 3.35. The van der Waals surface area contributed by atoms with Crippen LogP contribution < -0.4 is 4.74 Å². The first-order valence-corrected chi connectivity index (χ1v) is 9.98. The number of amides is 1. The summed E-state index contributed by atoms with van der Waals surface area (Å²) >= 11 is 0. The molecule has 0 fully saturated rings. The van der Waals surface area contributed by atoms with Gasteiger partial charge in [0.1, 0.15) is 12.1 Å². The molecule has 4 rings (SSSR count). The molecule has 1 aromatic heterocycles. The van der Waals surface area contributed by atoms with Gasteiger partial charge >= 0.3 is 0 Å². The SMILES string of the molecule is COc1ccc(CN(Cc2ccccc2)C(=O)Cc2ccc(-n3cnnn3)cc2)cc1. The highest BCUT2D eigenvalue weighted by molar-refractivity contribution is 5.79. The maximum absolute atomic E-state index is 13.2. The van der Waals surface area contributed by atoms with Crippen molar-refractivity contribution in [3.8, 4) is 11.4 Å². The zero-order chi connectivity index (χ0) is 21.5. The van der Waals surface area contributed by atoms with E-state index in [-0.39, 0.29) is 5.91 Å². The number of benzene rings is 3. The lowest BCUT2D eigenvalue weighted by molar-refractivity contribution is -0.131. The highest BCUT2D eigenvalue weighted by Gasteiger charge is 2.16. The first-order chi connectivity index (χ1) is 15.2. The number of carbonyl (C=O) groups excluding carboxylic acids is 1. The molecule has 0 saturated heterocycles. The third-order valence-corrected chi connectivity index (χ3v) is 5.01. The van der Waals surface area contributed by atoms with Crippen LogP contribution in [0, 0.1) is 0 Å². The van der Waals surface area contributed by atoms with Gasteiger partial charge in [-0.15, -0.1) is 5.10 Å². The molecular weight excluding hydrogens is 390 g/mol. The fraction of sp³-hybridized carbons (Fsp3) is 0.167. The predicted molar refractivity (Wildman–Crippen MR) is 117 cm³/mol. The van der Waals surface area contributed by atoms with Crippen LogP contribution in [-0.4, -0.2) is 38.1 Å². The zero-order valence-corrected chi connectivity index (χ0v) is 17.3. The Morgan fingerprint density at radius 3 is 2.13 bits per heavy atom. The lowest BCUT2D eigenvalue weighted by Crippen LogP contribution is -2.31. The molecule has 0 aliphatic carbocycles. The third kappa shape index (κ3) is 5.33. The van der Waals surface area contributed by atoms with Gasteiger partial charge in [0.15, 0.2) is 0 Å². The predicted octanol–water partition coefficient (Wildman–Crippen LogP) is 3.44. The van der Waals surface area contributed by atoms with Crippen molar-refractivity contribution in [3.63, 3.8) is 0 Å². The summed E-state index contributed by atoms with van der Waals surface area (Å²) in [6, 6.07) is 25.5. The van der Waals surface area contributed by atoms with Gasteiger partial charge in [-0.25, -0.2) is 4.68 Å². The molecule has 0 aliphatic rings. The third-order valence-electron chi connectivity index (χ3n) is 5.01. The molecule has 4 aromatic rings. The Kier molecular flexibility index (Phi) is 6.32. The quantitative estimate of drug-likeness (QED) is 0.442. The van der Waals surface area contributed by atoms with E-state index in [1.54, 1.807) is 11.8 Å². The van der Waals surface area contributed by atoms with Crippen molar-refractivity contribution >= 4 is 5.91 Å². The Hall–Kier alpha value is -4.00. The van der Waals surface area contributed by atoms with Gasteiger partial charge in [-0.1, -0.05) is 54.6 Å². The van der Waals surface area contributed by atoms with Crippen molar-refractivity contribution in [1.82, 2.24) is 25.1 Å². The molecule has 0 unspecified atom stereocenters. The molecule has 1 heterocycles. The second-order valence-electron chi connectivity index (χ2n) is 7.18. The Labute approximate surface area is 180 Å². The first-order valence-electron chi connectivity index (χ1n) is 9.98. The molecule has 7 heteroatoms. The number of hydrogen-bond donors (Lipinski definition) is 0. The van der Waals surface area contributed by atoms with Crippen LogP contribution in [-0.2, 0) is 24.3 Å². The second kappa shape index (κ2) is 9.67. The molecule has 0 atom stereocenters. The van der Waals surface area contributed by atoms with E-state index in [2.05, 4.69) is 15.5 Å². The fourth-order valence-electron chi connectivity index (χ4n) is 3.32. The number of tetrazole rings is 1. The van der Waals surface area contributed by atoms with E-state index in [1.165, 1.54) is 6.33 Å². The van der Waals surface area contributed by atoms with Gasteiger partial charge in [-0.05, 0) is 51.4 Å². The van der Waals surface area contributed by atoms with Crippen LogP contribution in [0.15, 0.2) is 85.2 Å². The van der Waals surface area contributed by atoms with Crippen molar-refractivity contribution in [2.45, 2.75) is 19.5 Å². The largest absolute Gasteiger partial charge is 0.497 e. The fourth-order valence-corrected chi connectivity index (χ4v) is 3.32. The van der Waals surface area contributed by atoms with Crippen molar-refractivity contribution in [2.24, 2.45) is 0 Å². The smallest absolute Gasteiger partial charge is 0.227 e. The van der Waals surface area contributed by atoms with Crippen LogP contribution in [0.25, 0.3) is 5.69 Å². The van der Waals surface area contributed by atoms with Crippen LogP contribution in [0.2, 0.25) is 0 Å². The molecule has 1 amide bonds. The van der Waals surface area contributed by atoms with E-state index < -0.39 is 0 Å². The molecule has 156 valence electrons. The highest BCUT2D eigenvalue weighted by Crippen LogP contribution is 2.17. The summed E-state index contributed by atoms with van der Waals surface area (Å²) < 4.78 is 6.82. The van der Waals surface area contributed by atoms with E-state index in [0.717, 1.165) is 28.1 Å². The van der Waals surface area contributed by atoms with E-state index in [1.807, 2.05) is 83.8 Å². The Morgan fingerprint density at radius 1 is 0.871 bits per heavy atom. The summed E-state index contributed by atoms with van der Waals surface area (Å²) in [4.78, 5) is 15.1. The number of methoxy groups -OCH3 is 1. The van der Waals surface area contributed by atoms with Crippen molar-refractivity contribution in [1.29, 1.82) is 0 Å². The van der Waals surface area contributed by atoms with Crippen LogP contribution in [0.4, 0.5) is 0 Å². The lowest BCUT2D eigenvalue weighted by Gasteiger charge is -2.23. The van der Waals surface area contributed by atoms with Gasteiger partial charge in [-0.3, -0.25) is 4.79 Å². The second-order valence-corrected chi connectivity index (χ2v) is 7.18. The summed E-state index contributed by atoms with van der Waals surface area (Å²) in [5, 5.41) is 11.2. The molecule has 0 spiro atoms. The van der Waals surface area contributed by atoms with E-state index in [0.29, 0.717) is 19.5 Å². The molecule has 7 nitrogen and oxygen atoms in total. The van der Waals surface area contributed by atoms with Crippen molar-refractivity contribution < 1.29 is 9.53 Å². The van der Waals surface area contributed by atoms with Crippen LogP contribution in [0.5, 0.6) is 5.75 Å². The Bertz CT molecular complexity index is 1100. The molecule has 0 bridgehead atoms. The van der Waals surface area contributed by atoms with Gasteiger partial charge in [0, 0.05) is 13.1 Å². The number of ether oxygens (including phenoxy) is 1. The molecular formula is C24H23N5O2. The number of hydrogen-bond acceptors (Lipinski definition) is 5. The summed E-state index contributed by atoms with van der Waals surface area (Å²) in [5.74, 6) is 0.863. The van der Waals surface area contributed by atoms with Gasteiger partial charge in [0.05, 0.1) is 19.2 Å². The minimum absolute atomic E-state index is 0.0647. The van der Waals surface area contributed by atoms with Crippen molar-refractivity contribution in [2.75, 3.05) is 7.11 Å². The van der Waals surface area contributed by atoms with Crippen molar-refractivity contribution in [3.05, 3.63) is 102 Å². The Morgan fingerprint density at radius 2 is 1.52 bits per heavy atom. The van der Waals surface area contributed by atoms with E-state index >= 15 is 0 Å². The standard InChI is InChI=1S/C24H23N5O2/c1-31-23-13-9-21(10-14-23)17-28(16-20-5-3-2-4-6-20)24(30)15-19-7-11-22(12-8-19)29-18-25-26-27-29/h2-14,18H,15-17H2,1H3. The van der Waals surface area contributed by atoms with Crippen LogP contribution in [0.1, 0.15) is 16.7 Å². The minimum atomic E-state index is 0.0647. The average molecular weight is 413 g/mol. The summed E-state index contributed by atoms with van der Waals surface area (Å²) in [6.45, 7) is 1.08. The summed E-state index contributed by atoms with van der Waals surface area (Å²) in [7, 11) is 1.64. The topological polar surface area (TPSA) is 73.1 Å². The highest BCUT2D eigenvalue weighted by atomic mass is 16.5. The molecule has 3 aromatic carbocycles. The minimum Gasteiger partial charge on any atom is -0.497 e. The first kappa shape index (κ1) is 20.3. The van der Waals surface area contributed by atoms with Gasteiger partial charge in [0.25, 0.3) is 0 Å². The number of aromatic nitrogens is 4. The maximum atomic E-state index is 13.2. The molecule has 0 saturated carbocycles. The Balaban J connectivity index is 1.49. The van der Waals surface area contributed by atoms with Gasteiger partial charge < -0.3 is 9.64 Å². The number of nitrogens with zero attached hydrogens (tertiary/aromatic N) is 5. The van der Waals surface area contributed by atoms with Crippen LogP contribution >= 0.6 is 0 Å². The molecule has 0 aliphatic heterocycles.